The first-order valence-electron chi connectivity index (χ1n) is 7.33. The van der Waals surface area contributed by atoms with Crippen LogP contribution in [0.1, 0.15) is 45.6 Å². The maximum atomic E-state index is 6.05. The molecule has 1 nitrogen and oxygen atoms in total. The first-order chi connectivity index (χ1) is 9.46. The number of hydrogen-bond acceptors (Lipinski definition) is 1. The second kappa shape index (κ2) is 9.83. The van der Waals surface area contributed by atoms with Gasteiger partial charge in [-0.1, -0.05) is 0 Å². The van der Waals surface area contributed by atoms with Crippen LogP contribution in [0.4, 0.5) is 0 Å². The first kappa shape index (κ1) is 21.8. The molecule has 0 N–H and O–H groups in total. The van der Waals surface area contributed by atoms with Gasteiger partial charge in [0.2, 0.25) is 0 Å². The molecule has 0 atom stereocenters. The van der Waals surface area contributed by atoms with Gasteiger partial charge in [0.05, 0.1) is 0 Å². The molecule has 0 aliphatic heterocycles. The number of ether oxygens (including phenoxy) is 1. The molecule has 0 amide bonds. The summed E-state index contributed by atoms with van der Waals surface area (Å²) in [6.07, 6.45) is 9.12. The fourth-order valence-electron chi connectivity index (χ4n) is 2.39. The maximum Gasteiger partial charge on any atom is -1.00 e. The van der Waals surface area contributed by atoms with Crippen LogP contribution in [0, 0.1) is 0 Å². The van der Waals surface area contributed by atoms with Gasteiger partial charge in [0.25, 0.3) is 0 Å². The smallest absolute Gasteiger partial charge is 1.00 e. The van der Waals surface area contributed by atoms with E-state index in [1.165, 1.54) is 27.9 Å². The van der Waals surface area contributed by atoms with E-state index in [1.807, 2.05) is 0 Å². The van der Waals surface area contributed by atoms with Gasteiger partial charge in [-0.05, 0) is 0 Å². The van der Waals surface area contributed by atoms with Crippen molar-refractivity contribution in [3.63, 3.8) is 0 Å². The molecule has 0 aromatic heterocycles. The molecule has 4 heteroatoms. The molecule has 0 bridgehead atoms. The van der Waals surface area contributed by atoms with Gasteiger partial charge < -0.3 is 24.8 Å². The van der Waals surface area contributed by atoms with Crippen molar-refractivity contribution in [1.29, 1.82) is 0 Å². The quantitative estimate of drug-likeness (QED) is 0.599. The summed E-state index contributed by atoms with van der Waals surface area (Å²) in [5.41, 5.74) is 2.71. The Kier molecular flexibility index (Phi) is 9.73. The molecule has 0 saturated heterocycles. The SMILES string of the molecule is CC(C)(C)Oc1ccccc1CCCC1=[C]([Ti+2])CC=C1.[Cl-].[Cl-]. The van der Waals surface area contributed by atoms with E-state index in [0.29, 0.717) is 0 Å². The zero-order chi connectivity index (χ0) is 14.6. The first-order valence-corrected chi connectivity index (χ1v) is 8.11. The van der Waals surface area contributed by atoms with Crippen molar-refractivity contribution in [3.8, 4) is 5.75 Å². The van der Waals surface area contributed by atoms with Crippen LogP contribution in [0.5, 0.6) is 5.75 Å². The number of benzene rings is 1. The Morgan fingerprint density at radius 1 is 1.09 bits per heavy atom. The topological polar surface area (TPSA) is 9.23 Å². The van der Waals surface area contributed by atoms with Crippen LogP contribution in [-0.4, -0.2) is 5.60 Å². The van der Waals surface area contributed by atoms with E-state index in [-0.39, 0.29) is 30.4 Å². The number of aryl methyl sites for hydroxylation is 1. The third-order valence-electron chi connectivity index (χ3n) is 3.31. The van der Waals surface area contributed by atoms with Crippen LogP contribution in [-0.2, 0) is 26.9 Å². The Balaban J connectivity index is 0.00000220. The summed E-state index contributed by atoms with van der Waals surface area (Å²) >= 11 is 2.24. The molecule has 0 spiro atoms. The predicted octanol–water partition coefficient (Wildman–Crippen LogP) is -1.04. The summed E-state index contributed by atoms with van der Waals surface area (Å²) in [7, 11) is 0. The van der Waals surface area contributed by atoms with E-state index >= 15 is 0 Å². The van der Waals surface area contributed by atoms with Gasteiger partial charge in [-0.25, -0.2) is 0 Å². The van der Waals surface area contributed by atoms with E-state index in [0.717, 1.165) is 18.6 Å². The van der Waals surface area contributed by atoms with Crippen LogP contribution in [0.25, 0.3) is 0 Å². The van der Waals surface area contributed by atoms with Crippen molar-refractivity contribution in [2.75, 3.05) is 0 Å². The third-order valence-corrected chi connectivity index (χ3v) is 4.13. The zero-order valence-electron chi connectivity index (χ0n) is 13.5. The number of halogens is 2. The molecular weight excluding hydrogens is 351 g/mol. The van der Waals surface area contributed by atoms with E-state index in [9.17, 15) is 0 Å². The van der Waals surface area contributed by atoms with Crippen LogP contribution < -0.4 is 29.6 Å². The summed E-state index contributed by atoms with van der Waals surface area (Å²) in [5.74, 6) is 1.03. The van der Waals surface area contributed by atoms with Gasteiger partial charge in [0.15, 0.2) is 0 Å². The predicted molar refractivity (Wildman–Crippen MR) is 80.5 cm³/mol. The molecule has 1 aliphatic carbocycles. The van der Waals surface area contributed by atoms with Crippen LogP contribution in [0.15, 0.2) is 45.9 Å². The van der Waals surface area contributed by atoms with Crippen LogP contribution >= 0.6 is 0 Å². The molecule has 0 radical (unpaired) electrons. The van der Waals surface area contributed by atoms with E-state index < -0.39 is 0 Å². The Bertz CT molecular complexity index is 530. The zero-order valence-corrected chi connectivity index (χ0v) is 16.5. The maximum absolute atomic E-state index is 6.05. The van der Waals surface area contributed by atoms with Crippen LogP contribution in [0.3, 0.4) is 0 Å². The largest absolute Gasteiger partial charge is 1.00 e. The number of rotatable bonds is 5. The molecule has 22 heavy (non-hydrogen) atoms. The average molecular weight is 374 g/mol. The molecule has 0 saturated carbocycles. The van der Waals surface area contributed by atoms with Gasteiger partial charge in [-0.3, -0.25) is 0 Å². The fraction of sp³-hybridized carbons (Fsp3) is 0.444. The minimum absolute atomic E-state index is 0. The Morgan fingerprint density at radius 3 is 2.36 bits per heavy atom. The summed E-state index contributed by atoms with van der Waals surface area (Å²) in [6, 6.07) is 8.43. The van der Waals surface area contributed by atoms with Gasteiger partial charge in [-0.15, -0.1) is 0 Å². The second-order valence-electron chi connectivity index (χ2n) is 6.29. The molecule has 0 fully saturated rings. The molecule has 1 aromatic carbocycles. The van der Waals surface area contributed by atoms with E-state index in [2.05, 4.69) is 77.6 Å². The fourth-order valence-corrected chi connectivity index (χ4v) is 2.90. The second-order valence-corrected chi connectivity index (χ2v) is 7.23. The Hall–Kier alpha value is -0.206. The monoisotopic (exact) mass is 373 g/mol. The minimum Gasteiger partial charge on any atom is -1.00 e. The summed E-state index contributed by atoms with van der Waals surface area (Å²) < 4.78 is 7.58. The standard InChI is InChI=1S/C18H23O.2ClH.Ti/c1-18(2,3)19-17-14-7-6-12-16(17)13-8-11-15-9-4-5-10-15;;;/h4,6-7,9,12,14H,5,8,11,13H2,1-3H3;2*1H;/q;;;+2/p-2. The van der Waals surface area contributed by atoms with Crippen molar-refractivity contribution in [2.45, 2.75) is 52.1 Å². The van der Waals surface area contributed by atoms with Gasteiger partial charge in [0, 0.05) is 0 Å². The van der Waals surface area contributed by atoms with Crippen LogP contribution in [0.2, 0.25) is 0 Å². The molecule has 0 unspecified atom stereocenters. The van der Waals surface area contributed by atoms with Gasteiger partial charge in [-0.2, -0.15) is 0 Å². The van der Waals surface area contributed by atoms with Crippen molar-refractivity contribution < 1.29 is 50.0 Å². The molecule has 1 aromatic rings. The Labute approximate surface area is 158 Å². The number of hydrogen-bond donors (Lipinski definition) is 0. The van der Waals surface area contributed by atoms with E-state index in [4.69, 9.17) is 4.74 Å². The minimum atomic E-state index is -0.136. The van der Waals surface area contributed by atoms with Gasteiger partial charge in [0.1, 0.15) is 0 Å². The Morgan fingerprint density at radius 2 is 1.77 bits per heavy atom. The molecule has 0 heterocycles. The summed E-state index contributed by atoms with van der Waals surface area (Å²) in [5, 5.41) is 0. The van der Waals surface area contributed by atoms with E-state index in [1.54, 1.807) is 0 Å². The summed E-state index contributed by atoms with van der Waals surface area (Å²) in [4.78, 5) is 0. The average Bonchev–Trinajstić information content (AvgIpc) is 2.75. The van der Waals surface area contributed by atoms with Crippen molar-refractivity contribution in [1.82, 2.24) is 0 Å². The molecule has 1 aliphatic rings. The third kappa shape index (κ3) is 6.92. The normalized spacial score (nSPS) is 13.7. The molecule has 119 valence electrons. The van der Waals surface area contributed by atoms with Crippen molar-refractivity contribution in [2.24, 2.45) is 0 Å². The number of allylic oxidation sites excluding steroid dienone is 4. The molecular formula is C18H23Cl2OTi. The van der Waals surface area contributed by atoms with Gasteiger partial charge >= 0.3 is 134 Å². The van der Waals surface area contributed by atoms with Crippen molar-refractivity contribution >= 4 is 0 Å². The number of para-hydroxylation sites is 1. The molecule has 2 rings (SSSR count). The van der Waals surface area contributed by atoms with Crippen molar-refractivity contribution in [3.05, 3.63) is 51.4 Å². The summed E-state index contributed by atoms with van der Waals surface area (Å²) in [6.45, 7) is 6.30.